The minimum absolute atomic E-state index is 0.0427. The summed E-state index contributed by atoms with van der Waals surface area (Å²) in [6.45, 7) is 8.16. The van der Waals surface area contributed by atoms with E-state index in [-0.39, 0.29) is 36.4 Å². The van der Waals surface area contributed by atoms with Crippen LogP contribution in [0.2, 0.25) is 0 Å². The van der Waals surface area contributed by atoms with Crippen molar-refractivity contribution in [1.29, 1.82) is 0 Å². The molecule has 0 spiro atoms. The van der Waals surface area contributed by atoms with Crippen LogP contribution in [-0.4, -0.2) is 81.4 Å². The Morgan fingerprint density at radius 2 is 1.61 bits per heavy atom. The first-order valence-corrected chi connectivity index (χ1v) is 17.6. The third kappa shape index (κ3) is 9.95. The number of fused-ring (bicyclic) bond motifs is 2. The molecule has 6 atom stereocenters. The van der Waals surface area contributed by atoms with Gasteiger partial charge in [-0.1, -0.05) is 73.9 Å². The number of nitrogens with zero attached hydrogens (tertiary/aromatic N) is 2. The molecule has 2 heterocycles. The Kier molecular flexibility index (Phi) is 11.8. The summed E-state index contributed by atoms with van der Waals surface area (Å²) in [5.74, 6) is -0.520. The smallest absolute Gasteiger partial charge is 0.270 e. The average Bonchev–Trinajstić information content (AvgIpc) is 3.06. The van der Waals surface area contributed by atoms with E-state index in [9.17, 15) is 24.3 Å². The summed E-state index contributed by atoms with van der Waals surface area (Å²) in [6, 6.07) is 18.0. The van der Waals surface area contributed by atoms with Gasteiger partial charge in [-0.2, -0.15) is 0 Å². The number of aliphatic hydroxyl groups excluding tert-OH is 1. The second-order valence-electron chi connectivity index (χ2n) is 14.9. The molecule has 5 rings (SSSR count). The van der Waals surface area contributed by atoms with E-state index in [1.807, 2.05) is 69.3 Å². The number of ketones is 1. The van der Waals surface area contributed by atoms with Crippen LogP contribution < -0.4 is 16.0 Å². The maximum absolute atomic E-state index is 13.9. The molecule has 0 radical (unpaired) electrons. The molecular formula is C39H51N5O5. The molecule has 1 aromatic heterocycles. The molecule has 2 aromatic carbocycles. The van der Waals surface area contributed by atoms with Crippen molar-refractivity contribution in [3.8, 4) is 0 Å². The van der Waals surface area contributed by atoms with Crippen molar-refractivity contribution < 1.29 is 24.3 Å². The van der Waals surface area contributed by atoms with Gasteiger partial charge in [0.25, 0.3) is 5.91 Å². The number of β-amino-alcohol motifs (C(OH)–C–C–N with tert-alkyl or cyclic N) is 1. The summed E-state index contributed by atoms with van der Waals surface area (Å²) in [5, 5.41) is 21.6. The second kappa shape index (κ2) is 16.0. The molecule has 49 heavy (non-hydrogen) atoms. The number of hydrogen-bond donors (Lipinski definition) is 4. The van der Waals surface area contributed by atoms with Crippen molar-refractivity contribution in [2.45, 2.75) is 102 Å². The molecule has 3 amide bonds. The number of Topliss-reactive ketones (excluding diaryl/α,β-unsaturated/α-hetero) is 1. The molecule has 262 valence electrons. The number of likely N-dealkylation sites (tertiary alicyclic amines) is 1. The highest BCUT2D eigenvalue weighted by molar-refractivity contribution is 5.99. The first kappa shape index (κ1) is 36.1. The van der Waals surface area contributed by atoms with E-state index >= 15 is 0 Å². The number of rotatable bonds is 12. The van der Waals surface area contributed by atoms with Gasteiger partial charge in [-0.3, -0.25) is 24.1 Å². The zero-order chi connectivity index (χ0) is 35.1. The van der Waals surface area contributed by atoms with Gasteiger partial charge in [0.2, 0.25) is 11.8 Å². The van der Waals surface area contributed by atoms with E-state index in [0.717, 1.165) is 30.2 Å². The van der Waals surface area contributed by atoms with Crippen molar-refractivity contribution in [1.82, 2.24) is 25.8 Å². The Morgan fingerprint density at radius 1 is 0.918 bits per heavy atom. The number of pyridine rings is 1. The van der Waals surface area contributed by atoms with Crippen LogP contribution in [0, 0.1) is 11.8 Å². The van der Waals surface area contributed by atoms with Crippen LogP contribution >= 0.6 is 0 Å². The normalized spacial score (nSPS) is 21.5. The molecule has 10 heteroatoms. The van der Waals surface area contributed by atoms with E-state index in [1.165, 1.54) is 19.8 Å². The van der Waals surface area contributed by atoms with Crippen LogP contribution in [0.5, 0.6) is 0 Å². The van der Waals surface area contributed by atoms with Crippen LogP contribution in [0.1, 0.15) is 82.3 Å². The monoisotopic (exact) mass is 669 g/mol. The lowest BCUT2D eigenvalue weighted by Gasteiger charge is -2.47. The average molecular weight is 670 g/mol. The maximum atomic E-state index is 13.9. The lowest BCUT2D eigenvalue weighted by atomic mass is 9.72. The van der Waals surface area contributed by atoms with E-state index in [1.54, 1.807) is 18.2 Å². The summed E-state index contributed by atoms with van der Waals surface area (Å²) < 4.78 is 0. The number of carbonyl (C=O) groups excluding carboxylic acids is 4. The summed E-state index contributed by atoms with van der Waals surface area (Å²) in [5.41, 5.74) is 1.28. The van der Waals surface area contributed by atoms with Gasteiger partial charge in [-0.05, 0) is 76.5 Å². The van der Waals surface area contributed by atoms with Gasteiger partial charge in [-0.25, -0.2) is 4.98 Å². The van der Waals surface area contributed by atoms with Crippen LogP contribution in [0.25, 0.3) is 10.9 Å². The molecule has 3 aromatic rings. The number of hydrogen-bond acceptors (Lipinski definition) is 7. The second-order valence-corrected chi connectivity index (χ2v) is 14.9. The topological polar surface area (TPSA) is 141 Å². The molecule has 4 N–H and O–H groups in total. The Balaban J connectivity index is 1.35. The molecule has 0 bridgehead atoms. The minimum atomic E-state index is -1.17. The Morgan fingerprint density at radius 3 is 2.33 bits per heavy atom. The Bertz CT molecular complexity index is 1620. The highest BCUT2D eigenvalue weighted by atomic mass is 16.3. The van der Waals surface area contributed by atoms with E-state index < -0.39 is 35.5 Å². The van der Waals surface area contributed by atoms with Gasteiger partial charge < -0.3 is 21.1 Å². The molecule has 10 nitrogen and oxygen atoms in total. The van der Waals surface area contributed by atoms with Crippen molar-refractivity contribution in [3.05, 3.63) is 78.0 Å². The van der Waals surface area contributed by atoms with Gasteiger partial charge in [0.15, 0.2) is 0 Å². The molecule has 1 saturated heterocycles. The largest absolute Gasteiger partial charge is 0.390 e. The lowest BCUT2D eigenvalue weighted by molar-refractivity contribution is -0.133. The summed E-state index contributed by atoms with van der Waals surface area (Å²) in [7, 11) is 0. The number of para-hydroxylation sites is 1. The predicted molar refractivity (Wildman–Crippen MR) is 190 cm³/mol. The Labute approximate surface area is 289 Å². The molecule has 0 unspecified atom stereocenters. The molecule has 1 aliphatic heterocycles. The molecule has 2 fully saturated rings. The zero-order valence-corrected chi connectivity index (χ0v) is 29.2. The number of carbonyl (C=O) groups is 4. The molecular weight excluding hydrogens is 618 g/mol. The maximum Gasteiger partial charge on any atom is 0.270 e. The van der Waals surface area contributed by atoms with E-state index in [2.05, 4.69) is 25.8 Å². The fourth-order valence-electron chi connectivity index (χ4n) is 7.35. The summed E-state index contributed by atoms with van der Waals surface area (Å²) in [6.07, 6.45) is 4.37. The number of benzene rings is 2. The van der Waals surface area contributed by atoms with Gasteiger partial charge >= 0.3 is 0 Å². The fourth-order valence-corrected chi connectivity index (χ4v) is 7.35. The van der Waals surface area contributed by atoms with Gasteiger partial charge in [0.05, 0.1) is 23.7 Å². The van der Waals surface area contributed by atoms with Crippen molar-refractivity contribution in [2.24, 2.45) is 11.8 Å². The standard InChI is InChI=1S/C39H51N5O5/c1-25(45)20-33(42-36(47)31-19-18-27-14-10-11-17-30(27)40-31)37(48)41-32(21-26-12-6-5-7-13-26)35(46)24-44-23-29-16-9-8-15-28(29)22-34(44)38(49)43-39(2,3)4/h5-7,10-14,17-19,28-29,32-35,46H,8-9,15-16,20-24H2,1-4H3,(H,41,48)(H,42,47)(H,43,49)/t28-,29+,32-,33+,34+,35+/m0/s1. The van der Waals surface area contributed by atoms with Crippen molar-refractivity contribution >= 4 is 34.4 Å². The molecule has 1 saturated carbocycles. The quantitative estimate of drug-likeness (QED) is 0.227. The first-order chi connectivity index (χ1) is 23.4. The predicted octanol–water partition coefficient (Wildman–Crippen LogP) is 4.20. The number of aliphatic hydroxyl groups is 1. The number of piperidine rings is 1. The highest BCUT2D eigenvalue weighted by Gasteiger charge is 2.42. The van der Waals surface area contributed by atoms with Gasteiger partial charge in [-0.15, -0.1) is 0 Å². The van der Waals surface area contributed by atoms with Gasteiger partial charge in [0, 0.05) is 30.4 Å². The molecule has 1 aliphatic carbocycles. The van der Waals surface area contributed by atoms with Crippen LogP contribution in [0.15, 0.2) is 66.7 Å². The third-order valence-corrected chi connectivity index (χ3v) is 9.76. The van der Waals surface area contributed by atoms with Crippen LogP contribution in [0.3, 0.4) is 0 Å². The summed E-state index contributed by atoms with van der Waals surface area (Å²) >= 11 is 0. The van der Waals surface area contributed by atoms with E-state index in [0.29, 0.717) is 30.3 Å². The first-order valence-electron chi connectivity index (χ1n) is 17.6. The number of aromatic nitrogens is 1. The zero-order valence-electron chi connectivity index (χ0n) is 29.2. The fraction of sp³-hybridized carbons (Fsp3) is 0.513. The van der Waals surface area contributed by atoms with E-state index in [4.69, 9.17) is 0 Å². The Hall–Kier alpha value is -4.15. The van der Waals surface area contributed by atoms with Crippen molar-refractivity contribution in [2.75, 3.05) is 13.1 Å². The highest BCUT2D eigenvalue weighted by Crippen LogP contribution is 2.39. The van der Waals surface area contributed by atoms with Crippen LogP contribution in [0.4, 0.5) is 0 Å². The summed E-state index contributed by atoms with van der Waals surface area (Å²) in [4.78, 5) is 59.7. The SMILES string of the molecule is CC(=O)C[C@@H](NC(=O)c1ccc2ccccc2n1)C(=O)N[C@@H](Cc1ccccc1)[C@H](O)CN1C[C@H]2CCCC[C@H]2C[C@@H]1C(=O)NC(C)(C)C. The number of amides is 3. The molecule has 2 aliphatic rings. The third-order valence-electron chi connectivity index (χ3n) is 9.76. The van der Waals surface area contributed by atoms with Gasteiger partial charge in [0.1, 0.15) is 17.5 Å². The number of nitrogens with one attached hydrogen (secondary N) is 3. The van der Waals surface area contributed by atoms with Crippen LogP contribution in [-0.2, 0) is 20.8 Å². The van der Waals surface area contributed by atoms with Crippen molar-refractivity contribution in [3.63, 3.8) is 0 Å². The minimum Gasteiger partial charge on any atom is -0.390 e. The lowest BCUT2D eigenvalue weighted by Crippen LogP contribution is -2.61.